The average Bonchev–Trinajstić information content (AvgIpc) is 2.93. The summed E-state index contributed by atoms with van der Waals surface area (Å²) in [6.45, 7) is 3.98. The maximum Gasteiger partial charge on any atom is 0.0530 e. The highest BCUT2D eigenvalue weighted by Gasteiger charge is 2.29. The summed E-state index contributed by atoms with van der Waals surface area (Å²) in [7, 11) is 0. The highest BCUT2D eigenvalue weighted by Crippen LogP contribution is 2.38. The lowest BCUT2D eigenvalue weighted by molar-refractivity contribution is 0.144. The molecule has 5 heteroatoms. The molecule has 0 amide bonds. The summed E-state index contributed by atoms with van der Waals surface area (Å²) in [6.07, 6.45) is 2.12. The topological polar surface area (TPSA) is 15.3 Å². The number of nitrogens with zero attached hydrogens (tertiary/aromatic N) is 1. The lowest BCUT2D eigenvalue weighted by Gasteiger charge is -2.35. The van der Waals surface area contributed by atoms with Crippen molar-refractivity contribution >= 4 is 40.7 Å². The molecule has 0 aliphatic carbocycles. The molecule has 1 N–H and O–H groups in total. The van der Waals surface area contributed by atoms with Crippen LogP contribution in [0.1, 0.15) is 35.7 Å². The largest absolute Gasteiger partial charge is 0.383 e. The molecule has 0 fully saturated rings. The van der Waals surface area contributed by atoms with E-state index in [0.717, 1.165) is 23.1 Å². The van der Waals surface area contributed by atoms with E-state index in [1.165, 1.54) is 27.3 Å². The van der Waals surface area contributed by atoms with Gasteiger partial charge in [0.2, 0.25) is 0 Å². The summed E-state index contributed by atoms with van der Waals surface area (Å²) < 4.78 is 0. The van der Waals surface area contributed by atoms with E-state index in [2.05, 4.69) is 65.9 Å². The summed E-state index contributed by atoms with van der Waals surface area (Å²) >= 11 is 14.1. The first-order valence-corrected chi connectivity index (χ1v) is 11.7. The third-order valence-electron chi connectivity index (χ3n) is 5.66. The van der Waals surface area contributed by atoms with E-state index in [0.29, 0.717) is 0 Å². The van der Waals surface area contributed by atoms with Crippen molar-refractivity contribution < 1.29 is 0 Å². The van der Waals surface area contributed by atoms with Crippen molar-refractivity contribution in [1.82, 2.24) is 4.90 Å². The Balaban J connectivity index is 1.74. The molecule has 4 rings (SSSR count). The van der Waals surface area contributed by atoms with Gasteiger partial charge in [0.15, 0.2) is 0 Å². The van der Waals surface area contributed by atoms with Gasteiger partial charge in [0, 0.05) is 39.8 Å². The van der Waals surface area contributed by atoms with Gasteiger partial charge in [-0.25, -0.2) is 0 Å². The van der Waals surface area contributed by atoms with E-state index in [1.54, 1.807) is 11.8 Å². The Morgan fingerprint density at radius 1 is 0.966 bits per heavy atom. The summed E-state index contributed by atoms with van der Waals surface area (Å²) in [4.78, 5) is 3.85. The molecule has 1 heterocycles. The van der Waals surface area contributed by atoms with Crippen LogP contribution >= 0.6 is 35.0 Å². The minimum Gasteiger partial charge on any atom is -0.383 e. The van der Waals surface area contributed by atoms with Crippen molar-refractivity contribution in [2.75, 3.05) is 18.1 Å². The third-order valence-corrected chi connectivity index (χ3v) is 6.89. The molecule has 0 saturated heterocycles. The highest BCUT2D eigenvalue weighted by molar-refractivity contribution is 7.98. The fraction of sp³-hybridized carbons (Fsp3) is 0.250. The fourth-order valence-corrected chi connectivity index (χ4v) is 4.68. The Hall–Kier alpha value is -1.65. The molecule has 2 atom stereocenters. The maximum atomic E-state index is 6.15. The molecule has 29 heavy (non-hydrogen) atoms. The van der Waals surface area contributed by atoms with E-state index in [9.17, 15) is 0 Å². The highest BCUT2D eigenvalue weighted by atomic mass is 35.5. The molecule has 1 aliphatic heterocycles. The van der Waals surface area contributed by atoms with Crippen LogP contribution in [-0.4, -0.2) is 17.7 Å². The quantitative estimate of drug-likeness (QED) is 0.422. The van der Waals surface area contributed by atoms with E-state index in [1.807, 2.05) is 24.3 Å². The fourth-order valence-electron chi connectivity index (χ4n) is 3.96. The Morgan fingerprint density at radius 2 is 1.62 bits per heavy atom. The normalized spacial score (nSPS) is 17.9. The first-order valence-electron chi connectivity index (χ1n) is 9.72. The standard InChI is InChI=1S/C24H24Cl2N2S/c1-16(17-3-7-20(25)8-4-17)28-15-19-13-22(29-2)11-12-23(19)27-14-24(28)18-5-9-21(26)10-6-18/h3-13,16,24,27H,14-15H2,1-2H3/t16-,24-/m1/s1. The number of anilines is 1. The lowest BCUT2D eigenvalue weighted by Crippen LogP contribution is -2.33. The van der Waals surface area contributed by atoms with Crippen LogP contribution < -0.4 is 5.32 Å². The van der Waals surface area contributed by atoms with Crippen molar-refractivity contribution in [3.8, 4) is 0 Å². The molecule has 150 valence electrons. The summed E-state index contributed by atoms with van der Waals surface area (Å²) in [5.41, 5.74) is 5.07. The van der Waals surface area contributed by atoms with Crippen LogP contribution in [-0.2, 0) is 6.54 Å². The van der Waals surface area contributed by atoms with Gasteiger partial charge in [-0.15, -0.1) is 11.8 Å². The van der Waals surface area contributed by atoms with Gasteiger partial charge in [-0.1, -0.05) is 47.5 Å². The number of halogens is 2. The van der Waals surface area contributed by atoms with Gasteiger partial charge in [-0.3, -0.25) is 4.90 Å². The monoisotopic (exact) mass is 442 g/mol. The van der Waals surface area contributed by atoms with E-state index in [-0.39, 0.29) is 12.1 Å². The molecule has 1 aliphatic rings. The zero-order valence-corrected chi connectivity index (χ0v) is 18.9. The first kappa shape index (κ1) is 20.6. The second kappa shape index (κ2) is 9.01. The zero-order chi connectivity index (χ0) is 20.4. The van der Waals surface area contributed by atoms with Gasteiger partial charge in [-0.05, 0) is 72.3 Å². The smallest absolute Gasteiger partial charge is 0.0530 e. The molecule has 0 unspecified atom stereocenters. The van der Waals surface area contributed by atoms with Gasteiger partial charge in [0.1, 0.15) is 0 Å². The van der Waals surface area contributed by atoms with Crippen LogP contribution in [0.4, 0.5) is 5.69 Å². The molecule has 2 nitrogen and oxygen atoms in total. The van der Waals surface area contributed by atoms with Crippen LogP contribution in [0.2, 0.25) is 10.0 Å². The average molecular weight is 443 g/mol. The minimum absolute atomic E-state index is 0.225. The number of thioether (sulfide) groups is 1. The predicted molar refractivity (Wildman–Crippen MR) is 126 cm³/mol. The van der Waals surface area contributed by atoms with Crippen molar-refractivity contribution in [1.29, 1.82) is 0 Å². The van der Waals surface area contributed by atoms with Crippen molar-refractivity contribution in [2.45, 2.75) is 30.4 Å². The maximum absolute atomic E-state index is 6.15. The van der Waals surface area contributed by atoms with E-state index in [4.69, 9.17) is 23.2 Å². The zero-order valence-electron chi connectivity index (χ0n) is 16.5. The third kappa shape index (κ3) is 4.59. The molecule has 0 bridgehead atoms. The van der Waals surface area contributed by atoms with Crippen molar-refractivity contribution in [3.05, 3.63) is 93.5 Å². The van der Waals surface area contributed by atoms with E-state index >= 15 is 0 Å². The SMILES string of the molecule is CSc1ccc2c(c1)CN([C@H](C)c1ccc(Cl)cc1)[C@@H](c1ccc(Cl)cc1)CN2. The number of rotatable bonds is 4. The van der Waals surface area contributed by atoms with Crippen LogP contribution in [0.15, 0.2) is 71.6 Å². The van der Waals surface area contributed by atoms with E-state index < -0.39 is 0 Å². The van der Waals surface area contributed by atoms with Gasteiger partial charge < -0.3 is 5.32 Å². The minimum atomic E-state index is 0.225. The molecule has 0 aromatic heterocycles. The molecular weight excluding hydrogens is 419 g/mol. The van der Waals surface area contributed by atoms with Crippen LogP contribution in [0.3, 0.4) is 0 Å². The number of benzene rings is 3. The van der Waals surface area contributed by atoms with Crippen LogP contribution in [0, 0.1) is 0 Å². The van der Waals surface area contributed by atoms with Gasteiger partial charge in [-0.2, -0.15) is 0 Å². The Labute approximate surface area is 187 Å². The molecule has 0 saturated carbocycles. The summed E-state index contributed by atoms with van der Waals surface area (Å²) in [5, 5.41) is 5.21. The Morgan fingerprint density at radius 3 is 2.28 bits per heavy atom. The van der Waals surface area contributed by atoms with Gasteiger partial charge >= 0.3 is 0 Å². The molecule has 3 aromatic carbocycles. The second-order valence-corrected chi connectivity index (χ2v) is 9.12. The van der Waals surface area contributed by atoms with Gasteiger partial charge in [0.25, 0.3) is 0 Å². The number of hydrogen-bond donors (Lipinski definition) is 1. The first-order chi connectivity index (χ1) is 14.0. The molecular formula is C24H24Cl2N2S. The molecule has 3 aromatic rings. The summed E-state index contributed by atoms with van der Waals surface area (Å²) in [5.74, 6) is 0. The summed E-state index contributed by atoms with van der Waals surface area (Å²) in [6, 6.07) is 23.6. The van der Waals surface area contributed by atoms with Crippen LogP contribution in [0.25, 0.3) is 0 Å². The Bertz CT molecular complexity index is 973. The lowest BCUT2D eigenvalue weighted by atomic mass is 9.99. The Kier molecular flexibility index (Phi) is 6.41. The number of nitrogens with one attached hydrogen (secondary N) is 1. The van der Waals surface area contributed by atoms with Crippen molar-refractivity contribution in [2.24, 2.45) is 0 Å². The van der Waals surface area contributed by atoms with Crippen molar-refractivity contribution in [3.63, 3.8) is 0 Å². The molecule has 0 radical (unpaired) electrons. The van der Waals surface area contributed by atoms with Crippen LogP contribution in [0.5, 0.6) is 0 Å². The predicted octanol–water partition coefficient (Wildman–Crippen LogP) is 7.45. The number of fused-ring (bicyclic) bond motifs is 1. The van der Waals surface area contributed by atoms with Gasteiger partial charge in [0.05, 0.1) is 6.04 Å². The number of hydrogen-bond acceptors (Lipinski definition) is 3. The molecule has 0 spiro atoms. The second-order valence-electron chi connectivity index (χ2n) is 7.37.